The molecule has 0 saturated heterocycles. The third kappa shape index (κ3) is 63.3. The van der Waals surface area contributed by atoms with Gasteiger partial charge in [0.25, 0.3) is 0 Å². The van der Waals surface area contributed by atoms with Crippen LogP contribution in [0.5, 0.6) is 0 Å². The van der Waals surface area contributed by atoms with Crippen LogP contribution in [0.2, 0.25) is 0 Å². The number of rotatable bonds is 71. The van der Waals surface area contributed by atoms with E-state index in [1.165, 1.54) is 353 Å². The lowest BCUT2D eigenvalue weighted by Crippen LogP contribution is -2.53. The quantitative estimate of drug-likeness (QED) is 0.0308. The summed E-state index contributed by atoms with van der Waals surface area (Å²) in [6.45, 7) is 4.12. The molecule has 4 atom stereocenters. The lowest BCUT2D eigenvalue weighted by atomic mass is 9.99. The van der Waals surface area contributed by atoms with Gasteiger partial charge in [-0.15, -0.1) is 0 Å². The molecular formula is C76H149NO5. The number of hydrogen-bond donors (Lipinski definition) is 5. The molecule has 0 spiro atoms. The van der Waals surface area contributed by atoms with Crippen LogP contribution in [-0.2, 0) is 4.79 Å². The second-order valence-corrected chi connectivity index (χ2v) is 26.4. The lowest BCUT2D eigenvalue weighted by molar-refractivity contribution is -0.132. The Hall–Kier alpha value is -1.21. The van der Waals surface area contributed by atoms with Crippen molar-refractivity contribution in [3.63, 3.8) is 0 Å². The number of nitrogens with one attached hydrogen (secondary N) is 1. The summed E-state index contributed by atoms with van der Waals surface area (Å²) in [5.74, 6) is -0.576. The Balaban J connectivity index is 3.51. The minimum atomic E-state index is -1.26. The van der Waals surface area contributed by atoms with Gasteiger partial charge in [-0.3, -0.25) is 4.79 Å². The smallest absolute Gasteiger partial charge is 0.249 e. The van der Waals surface area contributed by atoms with Crippen molar-refractivity contribution in [2.75, 3.05) is 6.61 Å². The average molecular weight is 1160 g/mol. The van der Waals surface area contributed by atoms with Crippen LogP contribution in [0.15, 0.2) is 24.3 Å². The molecule has 0 heterocycles. The van der Waals surface area contributed by atoms with Gasteiger partial charge in [0.1, 0.15) is 12.2 Å². The molecule has 0 radical (unpaired) electrons. The van der Waals surface area contributed by atoms with Crippen LogP contribution < -0.4 is 5.32 Å². The molecule has 6 heteroatoms. The van der Waals surface area contributed by atoms with Crippen LogP contribution in [0.4, 0.5) is 0 Å². The number of carbonyl (C=O) groups is 1. The summed E-state index contributed by atoms with van der Waals surface area (Å²) in [7, 11) is 0. The maximum atomic E-state index is 12.7. The molecule has 488 valence electrons. The molecule has 1 amide bonds. The van der Waals surface area contributed by atoms with Crippen molar-refractivity contribution < 1.29 is 25.2 Å². The van der Waals surface area contributed by atoms with Gasteiger partial charge >= 0.3 is 0 Å². The molecule has 0 aromatic carbocycles. The number of allylic oxidation sites excluding steroid dienone is 4. The molecular weight excluding hydrogens is 1010 g/mol. The predicted molar refractivity (Wildman–Crippen MR) is 362 cm³/mol. The fraction of sp³-hybridized carbons (Fsp3) is 0.934. The highest BCUT2D eigenvalue weighted by molar-refractivity contribution is 5.80. The highest BCUT2D eigenvalue weighted by atomic mass is 16.3. The SMILES string of the molecule is CCCCCCCCCCCCC/C=C\C/C=C\CCCCCCCCCCCCCCCCCCC(O)C(=O)NC(CO)C(O)C(O)CCCCCCCCCCCCCCCCCCCCCCCCCCCCCCCCCC. The van der Waals surface area contributed by atoms with Gasteiger partial charge in [-0.05, 0) is 44.9 Å². The zero-order chi connectivity index (χ0) is 59.4. The molecule has 0 aliphatic rings. The summed E-state index contributed by atoms with van der Waals surface area (Å²) in [5.41, 5.74) is 0. The standard InChI is InChI=1S/C76H149NO5/c1-3-5-7-9-11-13-15-17-19-21-23-25-27-29-31-33-35-37-38-40-42-44-46-48-50-52-54-56-58-60-62-64-66-68-70-74(80)76(82)77-72(71-78)75(81)73(79)69-67-65-63-61-59-57-55-53-51-49-47-45-43-41-39-36-34-32-30-28-26-24-22-20-18-16-14-12-10-8-6-4-2/h27,29,33,35,72-75,78-81H,3-26,28,30-32,34,36-71H2,1-2H3,(H,77,82)/b29-27-,35-33-. The minimum absolute atomic E-state index is 0.372. The van der Waals surface area contributed by atoms with Crippen LogP contribution >= 0.6 is 0 Å². The number of aliphatic hydroxyl groups is 4. The first-order chi connectivity index (χ1) is 40.5. The highest BCUT2D eigenvalue weighted by Gasteiger charge is 2.29. The van der Waals surface area contributed by atoms with Crippen molar-refractivity contribution >= 4 is 5.91 Å². The Morgan fingerprint density at radius 1 is 0.305 bits per heavy atom. The Bertz CT molecular complexity index is 1260. The van der Waals surface area contributed by atoms with Gasteiger partial charge in [0.15, 0.2) is 0 Å². The molecule has 82 heavy (non-hydrogen) atoms. The van der Waals surface area contributed by atoms with E-state index < -0.39 is 36.9 Å². The molecule has 0 aliphatic carbocycles. The Kier molecular flexibility index (Phi) is 69.5. The highest BCUT2D eigenvalue weighted by Crippen LogP contribution is 2.20. The molecule has 6 nitrogen and oxygen atoms in total. The van der Waals surface area contributed by atoms with E-state index in [2.05, 4.69) is 43.5 Å². The number of amides is 1. The number of carbonyl (C=O) groups excluding carboxylic acids is 1. The summed E-state index contributed by atoms with van der Waals surface area (Å²) in [4.78, 5) is 12.7. The van der Waals surface area contributed by atoms with Crippen molar-refractivity contribution in [2.24, 2.45) is 0 Å². The maximum Gasteiger partial charge on any atom is 0.249 e. The molecule has 0 aliphatic heterocycles. The van der Waals surface area contributed by atoms with Gasteiger partial charge in [0.05, 0.1) is 18.8 Å². The number of hydrogen-bond acceptors (Lipinski definition) is 5. The fourth-order valence-corrected chi connectivity index (χ4v) is 12.3. The summed E-state index contributed by atoms with van der Waals surface area (Å²) in [6.07, 6.45) is 90.4. The third-order valence-corrected chi connectivity index (χ3v) is 18.2. The van der Waals surface area contributed by atoms with E-state index in [1.54, 1.807) is 0 Å². The van der Waals surface area contributed by atoms with Crippen molar-refractivity contribution in [2.45, 2.75) is 449 Å². The molecule has 0 aromatic heterocycles. The van der Waals surface area contributed by atoms with Crippen molar-refractivity contribution in [1.82, 2.24) is 5.32 Å². The van der Waals surface area contributed by atoms with E-state index in [9.17, 15) is 25.2 Å². The van der Waals surface area contributed by atoms with Gasteiger partial charge in [-0.1, -0.05) is 404 Å². The summed E-state index contributed by atoms with van der Waals surface area (Å²) in [6, 6.07) is -0.986. The molecule has 0 bridgehead atoms. The maximum absolute atomic E-state index is 12.7. The van der Waals surface area contributed by atoms with Gasteiger partial charge in [-0.25, -0.2) is 0 Å². The van der Waals surface area contributed by atoms with Gasteiger partial charge in [-0.2, -0.15) is 0 Å². The van der Waals surface area contributed by atoms with Crippen LogP contribution in [0, 0.1) is 0 Å². The lowest BCUT2D eigenvalue weighted by Gasteiger charge is -2.27. The molecule has 0 fully saturated rings. The van der Waals surface area contributed by atoms with E-state index >= 15 is 0 Å². The Labute approximate surface area is 514 Å². The fourth-order valence-electron chi connectivity index (χ4n) is 12.3. The van der Waals surface area contributed by atoms with Crippen LogP contribution in [0.1, 0.15) is 425 Å². The first kappa shape index (κ1) is 80.8. The second kappa shape index (κ2) is 70.6. The van der Waals surface area contributed by atoms with E-state index in [-0.39, 0.29) is 0 Å². The topological polar surface area (TPSA) is 110 Å². The van der Waals surface area contributed by atoms with Crippen molar-refractivity contribution in [1.29, 1.82) is 0 Å². The zero-order valence-electron chi connectivity index (χ0n) is 55.8. The second-order valence-electron chi connectivity index (χ2n) is 26.4. The molecule has 4 unspecified atom stereocenters. The van der Waals surface area contributed by atoms with Crippen LogP contribution in [0.3, 0.4) is 0 Å². The predicted octanol–water partition coefficient (Wildman–Crippen LogP) is 23.7. The third-order valence-electron chi connectivity index (χ3n) is 18.2. The van der Waals surface area contributed by atoms with E-state index in [0.29, 0.717) is 12.8 Å². The van der Waals surface area contributed by atoms with Gasteiger partial charge in [0, 0.05) is 0 Å². The van der Waals surface area contributed by atoms with E-state index in [0.717, 1.165) is 44.9 Å². The monoisotopic (exact) mass is 1160 g/mol. The number of unbranched alkanes of at least 4 members (excludes halogenated alkanes) is 58. The molecule has 0 rings (SSSR count). The molecule has 0 saturated carbocycles. The van der Waals surface area contributed by atoms with Crippen molar-refractivity contribution in [3.8, 4) is 0 Å². The normalized spacial score (nSPS) is 13.5. The van der Waals surface area contributed by atoms with E-state index in [1.807, 2.05) is 0 Å². The van der Waals surface area contributed by atoms with Crippen molar-refractivity contribution in [3.05, 3.63) is 24.3 Å². The summed E-state index contributed by atoms with van der Waals surface area (Å²) in [5, 5.41) is 44.3. The summed E-state index contributed by atoms with van der Waals surface area (Å²) < 4.78 is 0. The largest absolute Gasteiger partial charge is 0.394 e. The van der Waals surface area contributed by atoms with Crippen LogP contribution in [0.25, 0.3) is 0 Å². The minimum Gasteiger partial charge on any atom is -0.394 e. The first-order valence-electron chi connectivity index (χ1n) is 37.7. The average Bonchev–Trinajstić information content (AvgIpc) is 3.48. The van der Waals surface area contributed by atoms with Crippen LogP contribution in [-0.4, -0.2) is 57.3 Å². The van der Waals surface area contributed by atoms with Gasteiger partial charge in [0.2, 0.25) is 5.91 Å². The molecule has 0 aromatic rings. The Morgan fingerprint density at radius 3 is 0.768 bits per heavy atom. The Morgan fingerprint density at radius 2 is 0.524 bits per heavy atom. The number of aliphatic hydroxyl groups excluding tert-OH is 4. The zero-order valence-corrected chi connectivity index (χ0v) is 55.8. The summed E-state index contributed by atoms with van der Waals surface area (Å²) >= 11 is 0. The first-order valence-corrected chi connectivity index (χ1v) is 37.7. The molecule has 5 N–H and O–H groups in total. The van der Waals surface area contributed by atoms with E-state index in [4.69, 9.17) is 0 Å². The van der Waals surface area contributed by atoms with Gasteiger partial charge < -0.3 is 25.7 Å².